The maximum Gasteiger partial charge on any atom is 0.240 e. The second kappa shape index (κ2) is 7.26. The molecule has 0 unspecified atom stereocenters. The Bertz CT molecular complexity index is 1150. The second-order valence-corrected chi connectivity index (χ2v) is 7.80. The van der Waals surface area contributed by atoms with Gasteiger partial charge in [0.05, 0.1) is 10.6 Å². The quantitative estimate of drug-likeness (QED) is 0.555. The Morgan fingerprint density at radius 3 is 2.48 bits per heavy atom. The van der Waals surface area contributed by atoms with Gasteiger partial charge in [0.2, 0.25) is 10.0 Å². The summed E-state index contributed by atoms with van der Waals surface area (Å²) >= 11 is 0. The minimum Gasteiger partial charge on any atom is -0.211 e. The lowest BCUT2D eigenvalue weighted by Gasteiger charge is -2.09. The predicted octanol–water partition coefficient (Wildman–Crippen LogP) is 2.34. The molecule has 0 spiro atoms. The molecule has 136 valence electrons. The van der Waals surface area contributed by atoms with Crippen molar-refractivity contribution in [3.63, 3.8) is 0 Å². The van der Waals surface area contributed by atoms with Crippen molar-refractivity contribution in [3.05, 3.63) is 78.6 Å². The molecule has 1 N–H and O–H groups in total. The van der Waals surface area contributed by atoms with Crippen molar-refractivity contribution >= 4 is 20.8 Å². The highest BCUT2D eigenvalue weighted by Gasteiger charge is 2.14. The van der Waals surface area contributed by atoms with Gasteiger partial charge in [-0.3, -0.25) is 0 Å². The van der Waals surface area contributed by atoms with Crippen LogP contribution in [0.4, 0.5) is 0 Å². The summed E-state index contributed by atoms with van der Waals surface area (Å²) in [6.45, 7) is 0.324. The summed E-state index contributed by atoms with van der Waals surface area (Å²) in [4.78, 5) is 0.206. The fourth-order valence-corrected chi connectivity index (χ4v) is 4.00. The average Bonchev–Trinajstić information content (AvgIpc) is 3.23. The maximum atomic E-state index is 12.5. The van der Waals surface area contributed by atoms with Crippen LogP contribution in [-0.2, 0) is 16.4 Å². The lowest BCUT2D eigenvalue weighted by molar-refractivity contribution is 0.581. The predicted molar refractivity (Wildman–Crippen MR) is 102 cm³/mol. The molecule has 0 fully saturated rings. The summed E-state index contributed by atoms with van der Waals surface area (Å²) in [5.41, 5.74) is 1.81. The third-order valence-corrected chi connectivity index (χ3v) is 5.80. The minimum atomic E-state index is -3.58. The zero-order valence-corrected chi connectivity index (χ0v) is 15.2. The van der Waals surface area contributed by atoms with Gasteiger partial charge in [0, 0.05) is 6.54 Å². The van der Waals surface area contributed by atoms with E-state index in [4.69, 9.17) is 0 Å². The van der Waals surface area contributed by atoms with E-state index in [0.29, 0.717) is 18.7 Å². The van der Waals surface area contributed by atoms with Crippen LogP contribution in [0.3, 0.4) is 0 Å². The average molecular weight is 379 g/mol. The van der Waals surface area contributed by atoms with Crippen LogP contribution in [0.5, 0.6) is 0 Å². The molecule has 0 aliphatic heterocycles. The molecule has 4 rings (SSSR count). The van der Waals surface area contributed by atoms with E-state index in [1.165, 1.54) is 23.1 Å². The second-order valence-electron chi connectivity index (χ2n) is 6.03. The Hall–Kier alpha value is -3.10. The molecule has 0 aliphatic carbocycles. The third-order valence-electron chi connectivity index (χ3n) is 4.33. The number of hydrogen-bond donors (Lipinski definition) is 1. The van der Waals surface area contributed by atoms with Crippen molar-refractivity contribution in [2.45, 2.75) is 11.3 Å². The van der Waals surface area contributed by atoms with Crippen molar-refractivity contribution in [1.29, 1.82) is 0 Å². The van der Waals surface area contributed by atoms with E-state index in [1.807, 2.05) is 24.3 Å². The van der Waals surface area contributed by atoms with Gasteiger partial charge >= 0.3 is 0 Å². The first-order valence-corrected chi connectivity index (χ1v) is 9.91. The highest BCUT2D eigenvalue weighted by Crippen LogP contribution is 2.19. The van der Waals surface area contributed by atoms with Crippen molar-refractivity contribution < 1.29 is 8.42 Å². The fourth-order valence-electron chi connectivity index (χ4n) is 2.97. The molecular weight excluding hydrogens is 362 g/mol. The number of tetrazole rings is 1. The number of benzene rings is 3. The first-order valence-electron chi connectivity index (χ1n) is 8.43. The normalized spacial score (nSPS) is 11.7. The van der Waals surface area contributed by atoms with Crippen molar-refractivity contribution in [1.82, 2.24) is 24.9 Å². The van der Waals surface area contributed by atoms with Crippen molar-refractivity contribution in [2.75, 3.05) is 6.54 Å². The van der Waals surface area contributed by atoms with Gasteiger partial charge in [-0.05, 0) is 57.4 Å². The van der Waals surface area contributed by atoms with Gasteiger partial charge in [0.15, 0.2) is 0 Å². The summed E-state index contributed by atoms with van der Waals surface area (Å²) in [6, 6.07) is 20.6. The molecule has 0 saturated heterocycles. The molecule has 0 radical (unpaired) electrons. The summed E-state index contributed by atoms with van der Waals surface area (Å²) in [7, 11) is -3.58. The van der Waals surface area contributed by atoms with Crippen LogP contribution in [0.25, 0.3) is 16.5 Å². The minimum absolute atomic E-state index is 0.206. The molecular formula is C19H17N5O2S. The monoisotopic (exact) mass is 379 g/mol. The van der Waals surface area contributed by atoms with Gasteiger partial charge in [0.1, 0.15) is 6.33 Å². The Morgan fingerprint density at radius 2 is 1.70 bits per heavy atom. The first kappa shape index (κ1) is 17.3. The van der Waals surface area contributed by atoms with Crippen LogP contribution in [0.15, 0.2) is 78.0 Å². The molecule has 1 heterocycles. The van der Waals surface area contributed by atoms with Crippen LogP contribution in [0.2, 0.25) is 0 Å². The molecule has 7 nitrogen and oxygen atoms in total. The molecule has 0 bridgehead atoms. The molecule has 27 heavy (non-hydrogen) atoms. The smallest absolute Gasteiger partial charge is 0.211 e. The van der Waals surface area contributed by atoms with Gasteiger partial charge in [-0.15, -0.1) is 5.10 Å². The summed E-state index contributed by atoms with van der Waals surface area (Å²) in [5, 5.41) is 13.2. The van der Waals surface area contributed by atoms with E-state index in [1.54, 1.807) is 12.1 Å². The van der Waals surface area contributed by atoms with Crippen LogP contribution in [0.1, 0.15) is 5.56 Å². The summed E-state index contributed by atoms with van der Waals surface area (Å²) in [6.07, 6.45) is 2.06. The number of hydrogen-bond acceptors (Lipinski definition) is 5. The Kier molecular flexibility index (Phi) is 4.66. The Labute approximate surface area is 156 Å². The Balaban J connectivity index is 1.45. The molecule has 1 aromatic heterocycles. The molecule has 0 atom stereocenters. The molecule has 4 aromatic rings. The molecule has 0 saturated carbocycles. The fraction of sp³-hybridized carbons (Fsp3) is 0.105. The van der Waals surface area contributed by atoms with Gasteiger partial charge in [0.25, 0.3) is 0 Å². The number of sulfonamides is 1. The zero-order chi connectivity index (χ0) is 18.7. The van der Waals surface area contributed by atoms with Crippen molar-refractivity contribution in [3.8, 4) is 5.69 Å². The highest BCUT2D eigenvalue weighted by atomic mass is 32.2. The van der Waals surface area contributed by atoms with E-state index >= 15 is 0 Å². The zero-order valence-electron chi connectivity index (χ0n) is 14.4. The van der Waals surface area contributed by atoms with Crippen LogP contribution < -0.4 is 4.72 Å². The number of nitrogens with one attached hydrogen (secondary N) is 1. The van der Waals surface area contributed by atoms with Gasteiger partial charge < -0.3 is 0 Å². The first-order chi connectivity index (χ1) is 13.1. The van der Waals surface area contributed by atoms with Gasteiger partial charge in [-0.2, -0.15) is 0 Å². The van der Waals surface area contributed by atoms with E-state index < -0.39 is 10.0 Å². The van der Waals surface area contributed by atoms with Gasteiger partial charge in [-0.25, -0.2) is 17.8 Å². The third kappa shape index (κ3) is 3.71. The van der Waals surface area contributed by atoms with E-state index in [-0.39, 0.29) is 4.90 Å². The van der Waals surface area contributed by atoms with Crippen LogP contribution in [0, 0.1) is 0 Å². The Morgan fingerprint density at radius 1 is 0.926 bits per heavy atom. The number of aromatic nitrogens is 4. The topological polar surface area (TPSA) is 89.8 Å². The van der Waals surface area contributed by atoms with Crippen LogP contribution in [-0.4, -0.2) is 35.2 Å². The van der Waals surface area contributed by atoms with Crippen LogP contribution >= 0.6 is 0 Å². The number of nitrogens with zero attached hydrogens (tertiary/aromatic N) is 4. The van der Waals surface area contributed by atoms with Crippen molar-refractivity contribution in [2.24, 2.45) is 0 Å². The van der Waals surface area contributed by atoms with E-state index in [9.17, 15) is 8.42 Å². The SMILES string of the molecule is O=S(=O)(NCCc1cccc2ccccc12)c1ccc(-n2cnnn2)cc1. The highest BCUT2D eigenvalue weighted by molar-refractivity contribution is 7.89. The molecule has 0 amide bonds. The van der Waals surface area contributed by atoms with Gasteiger partial charge in [-0.1, -0.05) is 42.5 Å². The summed E-state index contributed by atoms with van der Waals surface area (Å²) < 4.78 is 29.2. The lowest BCUT2D eigenvalue weighted by atomic mass is 10.0. The number of rotatable bonds is 6. The molecule has 8 heteroatoms. The number of fused-ring (bicyclic) bond motifs is 1. The summed E-state index contributed by atoms with van der Waals surface area (Å²) in [5.74, 6) is 0. The van der Waals surface area contributed by atoms with E-state index in [0.717, 1.165) is 16.3 Å². The lowest BCUT2D eigenvalue weighted by Crippen LogP contribution is -2.26. The van der Waals surface area contributed by atoms with E-state index in [2.05, 4.69) is 38.4 Å². The molecule has 3 aromatic carbocycles. The molecule has 0 aliphatic rings. The maximum absolute atomic E-state index is 12.5. The standard InChI is InChI=1S/C19H17N5O2S/c25-27(26,18-10-8-17(9-11-18)24-14-20-22-23-24)21-13-12-16-6-3-5-15-4-1-2-7-19(15)16/h1-11,14,21H,12-13H2. The largest absolute Gasteiger partial charge is 0.240 e.